The molecule has 15 N–H and O–H groups in total. The Morgan fingerprint density at radius 2 is 0.938 bits per heavy atom. The molecule has 0 bridgehead atoms. The molecule has 2 radical (unpaired) electrons. The standard InChI is InChI=1S/C20H19N5O3S.C14H14BrN5O2S.C7H5BrClN3.C7H6ClN3.C7H10N2O2S.C6H6BO3.C4H4ClN3.C3H5ClO.BHNS/c1-13-18(15-4-6-16(26)7-5-15)25-11-10-22-19(20(25)24-13)23-12-14-2-8-17(9-3-14)29(21,27)28;1-9-12(15)20-7-6-17-13(14(20)19-9)18-8-10-2-4-11(5-3-10)23(16,21)22;1-4-5(8)12-3-2-10-6(9)7(12)11-4;1-5-4-11-3-2-9-6(8)7(11)10-5;8-5-6-1-3-7(4-2-6)12(9,10)11;8-5-1-3-6(4-2-5)10-7-9;5-3-4(6)8-2-1-7-3;1-3(5)2-4;1-2-3/h2-11,26H,12H2,1H3,(H,22,23)(H2,21,27,28);2-7H,8H2,1H3,(H,17,18)(H2,16,21,22);2-3H,1H3;2-4H,1H3;1-4H,5,8H2,(H2,9,10,11);1-4,8-9H;1-2H,(H2,6,8);2H2,1H3;3H. The van der Waals surface area contributed by atoms with Gasteiger partial charge >= 0.3 is 32.4 Å². The molecular formula is C68H70B2Br2Cl4N22O11S4. The summed E-state index contributed by atoms with van der Waals surface area (Å²) < 4.78 is 83.4. The van der Waals surface area contributed by atoms with Gasteiger partial charge in [0.2, 0.25) is 30.1 Å². The van der Waals surface area contributed by atoms with Crippen LogP contribution in [0.3, 0.4) is 0 Å². The zero-order chi connectivity index (χ0) is 83.3. The molecule has 0 unspecified atom stereocenters. The van der Waals surface area contributed by atoms with Gasteiger partial charge in [-0.1, -0.05) is 71.2 Å². The number of phenolic OH excluding ortho intramolecular Hbond substituents is 2. The molecule has 0 amide bonds. The maximum absolute atomic E-state index is 11.4. The van der Waals surface area contributed by atoms with Gasteiger partial charge in [0.05, 0.1) is 49.0 Å². The molecule has 9 aromatic heterocycles. The van der Waals surface area contributed by atoms with Crippen molar-refractivity contribution in [1.82, 2.24) is 67.4 Å². The number of benzene rings is 5. The SMILES string of the molecule is CC(=O)CCl.Cc1cn2ccnc(Cl)c2n1.Cc1nc2c(Cl)nccn2c1Br.Cc1nc2c(NCc3ccc(S(N)(=O)=O)cc3)nccn2c1-c1ccc(O)cc1.Cc1nc2c(NCc3ccc(S(N)(=O)=O)cc3)nccn2c1Br.NCc1ccc(S(N)(=O)=O)cc1.Nc1nccnc1Cl.O[B]Oc1ccc(O)cc1.[B]=NS. The van der Waals surface area contributed by atoms with E-state index in [-0.39, 0.29) is 48.8 Å². The molecule has 14 rings (SSSR count). The first-order valence-electron chi connectivity index (χ1n) is 32.0. The van der Waals surface area contributed by atoms with Crippen LogP contribution < -0.4 is 42.2 Å². The van der Waals surface area contributed by atoms with E-state index in [1.807, 2.05) is 88.4 Å². The number of aryl methyl sites for hydroxylation is 4. The number of fused-ring (bicyclic) bond motifs is 4. The number of nitrogens with two attached hydrogens (primary N) is 5. The Hall–Kier alpha value is -9.82. The van der Waals surface area contributed by atoms with Crippen molar-refractivity contribution in [2.24, 2.45) is 25.5 Å². The van der Waals surface area contributed by atoms with Crippen molar-refractivity contribution >= 4 is 182 Å². The predicted octanol–water partition coefficient (Wildman–Crippen LogP) is 10.7. The molecule has 0 atom stereocenters. The second-order valence-electron chi connectivity index (χ2n) is 22.6. The molecule has 5 aromatic carbocycles. The van der Waals surface area contributed by atoms with E-state index >= 15 is 0 Å². The van der Waals surface area contributed by atoms with Crippen molar-refractivity contribution in [3.8, 4) is 28.5 Å². The Labute approximate surface area is 692 Å². The van der Waals surface area contributed by atoms with E-state index in [0.717, 1.165) is 65.6 Å². The van der Waals surface area contributed by atoms with Gasteiger partial charge in [-0.3, -0.25) is 18.0 Å². The fourth-order valence-corrected chi connectivity index (χ4v) is 11.9. The first kappa shape index (κ1) is 92.1. The van der Waals surface area contributed by atoms with E-state index in [1.54, 1.807) is 85.5 Å². The number of hydrogen-bond donors (Lipinski definition) is 11. The molecule has 0 saturated heterocycles. The summed E-state index contributed by atoms with van der Waals surface area (Å²) in [5.41, 5.74) is 21.4. The molecular weight excluding hydrogens is 1750 g/mol. The molecule has 45 heteroatoms. The van der Waals surface area contributed by atoms with Gasteiger partial charge < -0.3 is 46.4 Å². The number of primary sulfonamides is 3. The molecule has 14 aromatic rings. The Balaban J connectivity index is 0.000000211. The second-order valence-corrected chi connectivity index (χ2v) is 30.4. The van der Waals surface area contributed by atoms with Crippen molar-refractivity contribution in [1.29, 1.82) is 0 Å². The van der Waals surface area contributed by atoms with Gasteiger partial charge in [0.1, 0.15) is 32.2 Å². The average Bonchev–Trinajstić information content (AvgIpc) is 1.63. The third kappa shape index (κ3) is 28.4. The van der Waals surface area contributed by atoms with Gasteiger partial charge in [-0.25, -0.2) is 90.5 Å². The quantitative estimate of drug-likeness (QED) is 0.0274. The van der Waals surface area contributed by atoms with Crippen LogP contribution in [0.2, 0.25) is 15.5 Å². The number of anilines is 3. The van der Waals surface area contributed by atoms with E-state index < -0.39 is 30.1 Å². The second kappa shape index (κ2) is 44.0. The summed E-state index contributed by atoms with van der Waals surface area (Å²) in [6.45, 7) is 10.4. The number of aromatic nitrogens is 14. The number of nitrogen functional groups attached to an aromatic ring is 1. The van der Waals surface area contributed by atoms with Crippen LogP contribution in [0.1, 0.15) is 46.4 Å². The molecule has 33 nitrogen and oxygen atoms in total. The summed E-state index contributed by atoms with van der Waals surface area (Å²) in [6.07, 6.45) is 18.8. The van der Waals surface area contributed by atoms with Crippen molar-refractivity contribution in [2.75, 3.05) is 22.2 Å². The van der Waals surface area contributed by atoms with E-state index in [4.69, 9.17) is 83.4 Å². The fourth-order valence-electron chi connectivity index (χ4n) is 9.11. The van der Waals surface area contributed by atoms with Gasteiger partial charge in [-0.05, 0) is 168 Å². The average molecular weight is 1820 g/mol. The zero-order valence-electron chi connectivity index (χ0n) is 60.0. The number of nitrogens with zero attached hydrogens (tertiary/aromatic N) is 15. The van der Waals surface area contributed by atoms with Crippen molar-refractivity contribution < 1.29 is 49.9 Å². The number of Topliss-reactive ketones (excluding diaryl/α,β-unsaturated/α-hetero) is 1. The molecule has 0 aliphatic carbocycles. The monoisotopic (exact) mass is 1820 g/mol. The van der Waals surface area contributed by atoms with Crippen LogP contribution >= 0.6 is 91.1 Å². The van der Waals surface area contributed by atoms with Crippen molar-refractivity contribution in [3.63, 3.8) is 0 Å². The number of sulfonamides is 3. The Bertz CT molecular complexity index is 5840. The van der Waals surface area contributed by atoms with E-state index in [1.165, 1.54) is 67.8 Å². The van der Waals surface area contributed by atoms with Crippen LogP contribution in [-0.4, -0.2) is 135 Å². The van der Waals surface area contributed by atoms with Gasteiger partial charge in [0.15, 0.2) is 55.5 Å². The van der Waals surface area contributed by atoms with Crippen molar-refractivity contribution in [3.05, 3.63) is 254 Å². The predicted molar refractivity (Wildman–Crippen MR) is 446 cm³/mol. The van der Waals surface area contributed by atoms with Gasteiger partial charge in [-0.15, -0.1) is 11.6 Å². The number of rotatable bonds is 14. The Morgan fingerprint density at radius 1 is 0.558 bits per heavy atom. The number of imidazole rings is 4. The molecule has 0 spiro atoms. The van der Waals surface area contributed by atoms with Crippen LogP contribution in [0.5, 0.6) is 17.2 Å². The van der Waals surface area contributed by atoms with Gasteiger partial charge in [0.25, 0.3) is 0 Å². The number of halogens is 6. The molecule has 113 heavy (non-hydrogen) atoms. The number of alkyl halides is 1. The summed E-state index contributed by atoms with van der Waals surface area (Å²) in [4.78, 5) is 51.3. The van der Waals surface area contributed by atoms with Crippen LogP contribution in [0.15, 0.2) is 218 Å². The topological polar surface area (TPSA) is 502 Å². The summed E-state index contributed by atoms with van der Waals surface area (Å²) in [7, 11) is -6.02. The molecule has 590 valence electrons. The number of carbonyl (C=O) groups excluding carboxylic acids is 1. The van der Waals surface area contributed by atoms with E-state index in [0.29, 0.717) is 72.0 Å². The maximum atomic E-state index is 11.4. The van der Waals surface area contributed by atoms with Crippen molar-refractivity contribution in [2.45, 2.75) is 68.9 Å². The summed E-state index contributed by atoms with van der Waals surface area (Å²) in [5, 5.41) is 49.2. The van der Waals surface area contributed by atoms with E-state index in [2.05, 4.69) is 122 Å². The zero-order valence-corrected chi connectivity index (χ0v) is 69.6. The Morgan fingerprint density at radius 3 is 1.35 bits per heavy atom. The summed E-state index contributed by atoms with van der Waals surface area (Å²) in [5.74, 6) is 2.55. The minimum absolute atomic E-state index is 0.0201. The van der Waals surface area contributed by atoms with Crippen LogP contribution in [0, 0.1) is 27.7 Å². The number of thiol groups is 1. The van der Waals surface area contributed by atoms with Gasteiger partial charge in [-0.2, -0.15) is 0 Å². The number of ketones is 1. The molecule has 0 saturated carbocycles. The third-order valence-electron chi connectivity index (χ3n) is 14.4. The van der Waals surface area contributed by atoms with Crippen LogP contribution in [0.4, 0.5) is 17.5 Å². The third-order valence-corrected chi connectivity index (χ3v) is 20.3. The first-order chi connectivity index (χ1) is 53.5. The van der Waals surface area contributed by atoms with Crippen LogP contribution in [-0.2, 0) is 54.5 Å². The number of aromatic hydroxyl groups is 2. The molecule has 0 aliphatic heterocycles. The Kier molecular flexibility index (Phi) is 35.8. The minimum atomic E-state index is -3.71. The van der Waals surface area contributed by atoms with Gasteiger partial charge in [0, 0.05) is 93.4 Å². The normalized spacial score (nSPS) is 10.7. The number of hydrogen-bond acceptors (Lipinski definition) is 27. The van der Waals surface area contributed by atoms with E-state index in [9.17, 15) is 35.2 Å². The molecule has 0 fully saturated rings. The number of carbonyl (C=O) groups is 1. The summed E-state index contributed by atoms with van der Waals surface area (Å²) in [6, 6.07) is 31.9. The molecule has 0 aliphatic rings. The fraction of sp³-hybridized carbons (Fsp3) is 0.132. The van der Waals surface area contributed by atoms with Crippen LogP contribution in [0.25, 0.3) is 33.8 Å². The molecule has 9 heterocycles. The summed E-state index contributed by atoms with van der Waals surface area (Å²) >= 11 is 32.1. The number of phenols is 2. The number of nitrogens with one attached hydrogen (secondary N) is 2. The first-order valence-corrected chi connectivity index (χ1v) is 40.3.